The molecular formula is C16H18BrN3O. The molecule has 1 aromatic heterocycles. The third-order valence-corrected chi connectivity index (χ3v) is 3.47. The number of carbonyl (C=O) groups excluding carboxylic acids is 1. The molecule has 1 aromatic carbocycles. The number of carbonyl (C=O) groups is 1. The molecule has 21 heavy (non-hydrogen) atoms. The Balaban J connectivity index is 2.19. The number of aryl methyl sites for hydroxylation is 1. The molecule has 0 fully saturated rings. The van der Waals surface area contributed by atoms with Gasteiger partial charge >= 0.3 is 0 Å². The van der Waals surface area contributed by atoms with Gasteiger partial charge in [0.2, 0.25) is 0 Å². The minimum absolute atomic E-state index is 0.0853. The third kappa shape index (κ3) is 4.29. The first-order chi connectivity index (χ1) is 9.95. The quantitative estimate of drug-likeness (QED) is 0.877. The van der Waals surface area contributed by atoms with E-state index in [1.807, 2.05) is 45.0 Å². The lowest BCUT2D eigenvalue weighted by atomic mass is 10.2. The molecule has 0 unspecified atom stereocenters. The minimum Gasteiger partial charge on any atom is -0.354 e. The average Bonchev–Trinajstić information content (AvgIpc) is 2.41. The first kappa shape index (κ1) is 15.5. The molecule has 4 nitrogen and oxygen atoms in total. The zero-order chi connectivity index (χ0) is 15.4. The van der Waals surface area contributed by atoms with Crippen LogP contribution in [-0.4, -0.2) is 16.9 Å². The predicted octanol–water partition coefficient (Wildman–Crippen LogP) is 4.03. The summed E-state index contributed by atoms with van der Waals surface area (Å²) in [5.41, 5.74) is 3.35. The highest BCUT2D eigenvalue weighted by molar-refractivity contribution is 9.10. The van der Waals surface area contributed by atoms with E-state index in [-0.39, 0.29) is 11.9 Å². The van der Waals surface area contributed by atoms with Crippen molar-refractivity contribution in [3.8, 4) is 0 Å². The van der Waals surface area contributed by atoms with Gasteiger partial charge in [-0.3, -0.25) is 9.78 Å². The van der Waals surface area contributed by atoms with Crippen molar-refractivity contribution in [1.29, 1.82) is 0 Å². The maximum atomic E-state index is 12.0. The number of anilines is 2. The van der Waals surface area contributed by atoms with E-state index in [9.17, 15) is 4.79 Å². The van der Waals surface area contributed by atoms with Crippen molar-refractivity contribution in [3.63, 3.8) is 0 Å². The fourth-order valence-corrected chi connectivity index (χ4v) is 2.44. The van der Waals surface area contributed by atoms with E-state index in [1.165, 1.54) is 5.56 Å². The normalized spacial score (nSPS) is 10.5. The first-order valence-corrected chi connectivity index (χ1v) is 7.55. The van der Waals surface area contributed by atoms with E-state index >= 15 is 0 Å². The van der Waals surface area contributed by atoms with E-state index in [0.29, 0.717) is 5.69 Å². The van der Waals surface area contributed by atoms with E-state index in [2.05, 4.69) is 31.5 Å². The fourth-order valence-electron chi connectivity index (χ4n) is 1.85. The Labute approximate surface area is 133 Å². The van der Waals surface area contributed by atoms with E-state index < -0.39 is 0 Å². The number of amides is 1. The van der Waals surface area contributed by atoms with Crippen molar-refractivity contribution in [1.82, 2.24) is 10.3 Å². The van der Waals surface area contributed by atoms with Gasteiger partial charge in [0.1, 0.15) is 5.69 Å². The number of benzene rings is 1. The lowest BCUT2D eigenvalue weighted by molar-refractivity contribution is 0.0938. The second-order valence-corrected chi connectivity index (χ2v) is 6.02. The Bertz CT molecular complexity index is 656. The largest absolute Gasteiger partial charge is 0.354 e. The third-order valence-electron chi connectivity index (χ3n) is 2.82. The SMILES string of the molecule is Cc1ccc(Nc2ccnc(C(=O)NC(C)C)c2)c(Br)c1. The van der Waals surface area contributed by atoms with Crippen molar-refractivity contribution in [3.05, 3.63) is 52.3 Å². The first-order valence-electron chi connectivity index (χ1n) is 6.76. The highest BCUT2D eigenvalue weighted by atomic mass is 79.9. The summed E-state index contributed by atoms with van der Waals surface area (Å²) in [4.78, 5) is 16.1. The van der Waals surface area contributed by atoms with Crippen molar-refractivity contribution in [2.45, 2.75) is 26.8 Å². The molecule has 0 aliphatic rings. The summed E-state index contributed by atoms with van der Waals surface area (Å²) in [7, 11) is 0. The van der Waals surface area contributed by atoms with Crippen LogP contribution in [0.25, 0.3) is 0 Å². The molecule has 0 spiro atoms. The van der Waals surface area contributed by atoms with Crippen molar-refractivity contribution >= 4 is 33.2 Å². The van der Waals surface area contributed by atoms with E-state index in [1.54, 1.807) is 12.3 Å². The number of nitrogens with zero attached hydrogens (tertiary/aromatic N) is 1. The summed E-state index contributed by atoms with van der Waals surface area (Å²) in [6.45, 7) is 5.88. The second kappa shape index (κ2) is 6.72. The molecular weight excluding hydrogens is 330 g/mol. The van der Waals surface area contributed by atoms with Crippen LogP contribution in [0.4, 0.5) is 11.4 Å². The highest BCUT2D eigenvalue weighted by Crippen LogP contribution is 2.26. The second-order valence-electron chi connectivity index (χ2n) is 5.17. The van der Waals surface area contributed by atoms with Crippen LogP contribution in [0, 0.1) is 6.92 Å². The van der Waals surface area contributed by atoms with Gasteiger partial charge in [-0.05, 0) is 66.5 Å². The van der Waals surface area contributed by atoms with Crippen LogP contribution in [0.5, 0.6) is 0 Å². The Hall–Kier alpha value is -1.88. The summed E-state index contributed by atoms with van der Waals surface area (Å²) < 4.78 is 0.979. The molecule has 2 rings (SSSR count). The lowest BCUT2D eigenvalue weighted by Gasteiger charge is -2.11. The zero-order valence-corrected chi connectivity index (χ0v) is 13.9. The highest BCUT2D eigenvalue weighted by Gasteiger charge is 2.09. The topological polar surface area (TPSA) is 54.0 Å². The molecule has 5 heteroatoms. The Kier molecular flexibility index (Phi) is 4.96. The zero-order valence-electron chi connectivity index (χ0n) is 12.3. The Morgan fingerprint density at radius 3 is 2.67 bits per heavy atom. The molecule has 0 aliphatic heterocycles. The van der Waals surface area contributed by atoms with Gasteiger partial charge in [0.25, 0.3) is 5.91 Å². The minimum atomic E-state index is -0.170. The summed E-state index contributed by atoms with van der Waals surface area (Å²) in [6, 6.07) is 9.72. The summed E-state index contributed by atoms with van der Waals surface area (Å²) in [6.07, 6.45) is 1.62. The van der Waals surface area contributed by atoms with E-state index in [0.717, 1.165) is 15.8 Å². The summed E-state index contributed by atoms with van der Waals surface area (Å²) >= 11 is 3.53. The van der Waals surface area contributed by atoms with Crippen LogP contribution in [0.1, 0.15) is 29.9 Å². The van der Waals surface area contributed by atoms with Crippen LogP contribution in [0.3, 0.4) is 0 Å². The molecule has 0 saturated carbocycles. The lowest BCUT2D eigenvalue weighted by Crippen LogP contribution is -2.30. The van der Waals surface area contributed by atoms with Crippen molar-refractivity contribution in [2.75, 3.05) is 5.32 Å². The number of halogens is 1. The Morgan fingerprint density at radius 1 is 1.24 bits per heavy atom. The number of rotatable bonds is 4. The summed E-state index contributed by atoms with van der Waals surface area (Å²) in [5.74, 6) is -0.170. The Morgan fingerprint density at radius 2 is 2.00 bits per heavy atom. The number of hydrogen-bond acceptors (Lipinski definition) is 3. The van der Waals surface area contributed by atoms with Gasteiger partial charge in [-0.25, -0.2) is 0 Å². The van der Waals surface area contributed by atoms with Gasteiger partial charge < -0.3 is 10.6 Å². The van der Waals surface area contributed by atoms with E-state index in [4.69, 9.17) is 0 Å². The van der Waals surface area contributed by atoms with Gasteiger partial charge in [-0.15, -0.1) is 0 Å². The molecule has 0 bridgehead atoms. The maximum Gasteiger partial charge on any atom is 0.270 e. The number of nitrogens with one attached hydrogen (secondary N) is 2. The summed E-state index contributed by atoms with van der Waals surface area (Å²) in [5, 5.41) is 6.11. The monoisotopic (exact) mass is 347 g/mol. The maximum absolute atomic E-state index is 12.0. The number of pyridine rings is 1. The van der Waals surface area contributed by atoms with Crippen molar-refractivity contribution in [2.24, 2.45) is 0 Å². The smallest absolute Gasteiger partial charge is 0.270 e. The van der Waals surface area contributed by atoms with Gasteiger partial charge in [0.15, 0.2) is 0 Å². The standard InChI is InChI=1S/C16H18BrN3O/c1-10(2)19-16(21)15-9-12(6-7-18-15)20-14-5-4-11(3)8-13(14)17/h4-10H,1-3H3,(H,18,20)(H,19,21). The number of aromatic nitrogens is 1. The van der Waals surface area contributed by atoms with Gasteiger partial charge in [0, 0.05) is 22.4 Å². The van der Waals surface area contributed by atoms with Crippen LogP contribution in [-0.2, 0) is 0 Å². The molecule has 0 saturated heterocycles. The molecule has 2 aromatic rings. The molecule has 0 radical (unpaired) electrons. The predicted molar refractivity (Wildman–Crippen MR) is 89.0 cm³/mol. The average molecular weight is 348 g/mol. The van der Waals surface area contributed by atoms with Crippen LogP contribution in [0.15, 0.2) is 41.0 Å². The van der Waals surface area contributed by atoms with Crippen LogP contribution < -0.4 is 10.6 Å². The van der Waals surface area contributed by atoms with Gasteiger partial charge in [-0.1, -0.05) is 6.07 Å². The van der Waals surface area contributed by atoms with Crippen LogP contribution >= 0.6 is 15.9 Å². The van der Waals surface area contributed by atoms with Crippen molar-refractivity contribution < 1.29 is 4.79 Å². The van der Waals surface area contributed by atoms with Gasteiger partial charge in [0.05, 0.1) is 5.69 Å². The van der Waals surface area contributed by atoms with Gasteiger partial charge in [-0.2, -0.15) is 0 Å². The molecule has 1 heterocycles. The van der Waals surface area contributed by atoms with Crippen LogP contribution in [0.2, 0.25) is 0 Å². The molecule has 0 aliphatic carbocycles. The fraction of sp³-hybridized carbons (Fsp3) is 0.250. The molecule has 0 atom stereocenters. The number of hydrogen-bond donors (Lipinski definition) is 2. The molecule has 1 amide bonds. The molecule has 2 N–H and O–H groups in total. The molecule has 110 valence electrons.